The van der Waals surface area contributed by atoms with Gasteiger partial charge in [-0.25, -0.2) is 4.98 Å². The Morgan fingerprint density at radius 1 is 1.32 bits per heavy atom. The Bertz CT molecular complexity index is 765. The molecule has 1 aromatic carbocycles. The monoisotopic (exact) mass is 295 g/mol. The van der Waals surface area contributed by atoms with Gasteiger partial charge in [-0.3, -0.25) is 4.99 Å². The van der Waals surface area contributed by atoms with Crippen molar-refractivity contribution in [3.05, 3.63) is 57.8 Å². The largest absolute Gasteiger partial charge is 0.358 e. The number of benzene rings is 1. The molecule has 1 fully saturated rings. The second-order valence-corrected chi connectivity index (χ2v) is 6.26. The first kappa shape index (κ1) is 13.2. The molecule has 22 heavy (non-hydrogen) atoms. The molecule has 112 valence electrons. The van der Waals surface area contributed by atoms with E-state index in [1.807, 2.05) is 18.2 Å². The number of hydrogen-bond acceptors (Lipinski definition) is 3. The maximum absolute atomic E-state index is 11.2. The van der Waals surface area contributed by atoms with E-state index in [2.05, 4.69) is 28.3 Å². The van der Waals surface area contributed by atoms with Crippen molar-refractivity contribution in [3.8, 4) is 0 Å². The average molecular weight is 295 g/mol. The zero-order valence-corrected chi connectivity index (χ0v) is 12.2. The lowest BCUT2D eigenvalue weighted by Crippen LogP contribution is -2.32. The lowest BCUT2D eigenvalue weighted by molar-refractivity contribution is -0.390. The number of hydrogen-bond donors (Lipinski definition) is 1. The SMILES string of the molecule is O=[N+]([O-])c1[nH]ccc1C1CCCC2(C=Nc3ccccc32)C1. The molecule has 2 heterocycles. The highest BCUT2D eigenvalue weighted by atomic mass is 16.6. The highest BCUT2D eigenvalue weighted by molar-refractivity contribution is 5.85. The molecule has 5 nitrogen and oxygen atoms in total. The van der Waals surface area contributed by atoms with Crippen LogP contribution in [0.5, 0.6) is 0 Å². The van der Waals surface area contributed by atoms with Crippen LogP contribution in [-0.4, -0.2) is 16.1 Å². The molecule has 2 unspecified atom stereocenters. The van der Waals surface area contributed by atoms with Gasteiger partial charge in [-0.15, -0.1) is 0 Å². The van der Waals surface area contributed by atoms with E-state index in [1.165, 1.54) is 5.56 Å². The molecule has 4 rings (SSSR count). The van der Waals surface area contributed by atoms with Crippen LogP contribution >= 0.6 is 0 Å². The maximum atomic E-state index is 11.2. The van der Waals surface area contributed by atoms with Crippen molar-refractivity contribution in [3.63, 3.8) is 0 Å². The molecule has 0 bridgehead atoms. The summed E-state index contributed by atoms with van der Waals surface area (Å²) in [5.41, 5.74) is 3.11. The lowest BCUT2D eigenvalue weighted by Gasteiger charge is -2.36. The molecule has 1 saturated carbocycles. The Morgan fingerprint density at radius 3 is 3.05 bits per heavy atom. The summed E-state index contributed by atoms with van der Waals surface area (Å²) < 4.78 is 0. The number of rotatable bonds is 2. The summed E-state index contributed by atoms with van der Waals surface area (Å²) in [6, 6.07) is 10.1. The molecule has 1 aromatic heterocycles. The van der Waals surface area contributed by atoms with E-state index in [0.717, 1.165) is 36.9 Å². The van der Waals surface area contributed by atoms with Crippen LogP contribution in [0.15, 0.2) is 41.5 Å². The summed E-state index contributed by atoms with van der Waals surface area (Å²) in [6.45, 7) is 0. The quantitative estimate of drug-likeness (QED) is 0.665. The number of nitro groups is 1. The maximum Gasteiger partial charge on any atom is 0.324 e. The fourth-order valence-electron chi connectivity index (χ4n) is 4.07. The van der Waals surface area contributed by atoms with Crippen LogP contribution in [0, 0.1) is 10.1 Å². The number of aliphatic imine (C=N–C) groups is 1. The molecule has 1 aliphatic heterocycles. The Balaban J connectivity index is 1.71. The van der Waals surface area contributed by atoms with Crippen LogP contribution in [-0.2, 0) is 5.41 Å². The predicted molar refractivity (Wildman–Crippen MR) is 84.9 cm³/mol. The van der Waals surface area contributed by atoms with Gasteiger partial charge in [-0.05, 0) is 47.8 Å². The van der Waals surface area contributed by atoms with Gasteiger partial charge in [0.25, 0.3) is 0 Å². The molecule has 1 aliphatic carbocycles. The van der Waals surface area contributed by atoms with Gasteiger partial charge in [0.1, 0.15) is 0 Å². The third-order valence-electron chi connectivity index (χ3n) is 5.06. The number of fused-ring (bicyclic) bond motifs is 2. The zero-order chi connectivity index (χ0) is 15.2. The molecule has 2 atom stereocenters. The van der Waals surface area contributed by atoms with Crippen LogP contribution in [0.3, 0.4) is 0 Å². The summed E-state index contributed by atoms with van der Waals surface area (Å²) in [5.74, 6) is 0.350. The van der Waals surface area contributed by atoms with E-state index < -0.39 is 0 Å². The number of para-hydroxylation sites is 1. The fraction of sp³-hybridized carbons (Fsp3) is 0.353. The Labute approximate surface area is 128 Å². The zero-order valence-electron chi connectivity index (χ0n) is 12.2. The first-order valence-corrected chi connectivity index (χ1v) is 7.66. The summed E-state index contributed by atoms with van der Waals surface area (Å²) in [4.78, 5) is 18.2. The molecule has 0 amide bonds. The number of aromatic nitrogens is 1. The van der Waals surface area contributed by atoms with Crippen molar-refractivity contribution < 1.29 is 4.92 Å². The Kier molecular flexibility index (Phi) is 2.89. The Morgan fingerprint density at radius 2 is 2.18 bits per heavy atom. The minimum absolute atomic E-state index is 0.0509. The van der Waals surface area contributed by atoms with Gasteiger partial charge in [0.15, 0.2) is 0 Å². The first-order chi connectivity index (χ1) is 10.7. The summed E-state index contributed by atoms with van der Waals surface area (Å²) in [6.07, 6.45) is 7.77. The van der Waals surface area contributed by atoms with Crippen molar-refractivity contribution in [1.82, 2.24) is 4.98 Å². The van der Waals surface area contributed by atoms with Gasteiger partial charge in [-0.2, -0.15) is 0 Å². The van der Waals surface area contributed by atoms with Gasteiger partial charge in [-0.1, -0.05) is 24.6 Å². The van der Waals surface area contributed by atoms with Crippen molar-refractivity contribution in [2.45, 2.75) is 37.0 Å². The molecular weight excluding hydrogens is 278 g/mol. The minimum Gasteiger partial charge on any atom is -0.358 e. The number of H-pyrrole nitrogens is 1. The standard InChI is InChI=1S/C17H17N3O2/c21-20(22)16-13(7-9-18-16)12-4-3-8-17(10-12)11-19-15-6-2-1-5-14(15)17/h1-2,5-7,9,11-12,18H,3-4,8,10H2. The molecular formula is C17H17N3O2. The topological polar surface area (TPSA) is 71.3 Å². The summed E-state index contributed by atoms with van der Waals surface area (Å²) >= 11 is 0. The van der Waals surface area contributed by atoms with E-state index in [4.69, 9.17) is 0 Å². The molecule has 1 spiro atoms. The molecule has 5 heteroatoms. The van der Waals surface area contributed by atoms with Gasteiger partial charge < -0.3 is 10.1 Å². The smallest absolute Gasteiger partial charge is 0.324 e. The second-order valence-electron chi connectivity index (χ2n) is 6.26. The normalized spacial score (nSPS) is 26.3. The second kappa shape index (κ2) is 4.80. The fourth-order valence-corrected chi connectivity index (χ4v) is 4.07. The van der Waals surface area contributed by atoms with Crippen LogP contribution < -0.4 is 0 Å². The molecule has 0 saturated heterocycles. The Hall–Kier alpha value is -2.43. The first-order valence-electron chi connectivity index (χ1n) is 7.66. The number of nitrogens with one attached hydrogen (secondary N) is 1. The number of nitrogens with zero attached hydrogens (tertiary/aromatic N) is 2. The third-order valence-corrected chi connectivity index (χ3v) is 5.06. The van der Waals surface area contributed by atoms with E-state index >= 15 is 0 Å². The van der Waals surface area contributed by atoms with Crippen LogP contribution in [0.4, 0.5) is 11.5 Å². The van der Waals surface area contributed by atoms with Crippen molar-refractivity contribution >= 4 is 17.7 Å². The van der Waals surface area contributed by atoms with Crippen LogP contribution in [0.25, 0.3) is 0 Å². The number of aromatic amines is 1. The highest BCUT2D eigenvalue weighted by Gasteiger charge is 2.42. The summed E-state index contributed by atoms with van der Waals surface area (Å²) in [5, 5.41) is 11.2. The van der Waals surface area contributed by atoms with Gasteiger partial charge >= 0.3 is 5.82 Å². The van der Waals surface area contributed by atoms with E-state index in [1.54, 1.807) is 6.20 Å². The summed E-state index contributed by atoms with van der Waals surface area (Å²) in [7, 11) is 0. The molecule has 2 aliphatic rings. The minimum atomic E-state index is -0.312. The van der Waals surface area contributed by atoms with Gasteiger partial charge in [0.05, 0.1) is 17.4 Å². The van der Waals surface area contributed by atoms with Crippen molar-refractivity contribution in [2.24, 2.45) is 4.99 Å². The molecule has 0 radical (unpaired) electrons. The average Bonchev–Trinajstić information content (AvgIpc) is 3.14. The third kappa shape index (κ3) is 1.89. The van der Waals surface area contributed by atoms with Crippen LogP contribution in [0.1, 0.15) is 42.7 Å². The predicted octanol–water partition coefficient (Wildman–Crippen LogP) is 4.23. The highest BCUT2D eigenvalue weighted by Crippen LogP contribution is 2.51. The van der Waals surface area contributed by atoms with Gasteiger partial charge in [0.2, 0.25) is 0 Å². The van der Waals surface area contributed by atoms with Crippen LogP contribution in [0.2, 0.25) is 0 Å². The molecule has 1 N–H and O–H groups in total. The van der Waals surface area contributed by atoms with Crippen molar-refractivity contribution in [1.29, 1.82) is 0 Å². The van der Waals surface area contributed by atoms with E-state index in [0.29, 0.717) is 0 Å². The van der Waals surface area contributed by atoms with E-state index in [-0.39, 0.29) is 22.1 Å². The van der Waals surface area contributed by atoms with Crippen molar-refractivity contribution in [2.75, 3.05) is 0 Å². The van der Waals surface area contributed by atoms with E-state index in [9.17, 15) is 10.1 Å². The molecule has 2 aromatic rings. The van der Waals surface area contributed by atoms with Gasteiger partial charge in [0, 0.05) is 11.6 Å². The lowest BCUT2D eigenvalue weighted by atomic mass is 9.66.